The number of fused-ring (bicyclic) bond motifs is 2. The Kier molecular flexibility index (Phi) is 5.56. The topological polar surface area (TPSA) is 130 Å². The van der Waals surface area contributed by atoms with Gasteiger partial charge in [-0.2, -0.15) is 5.10 Å². The molecule has 0 bridgehead atoms. The molecule has 1 atom stereocenters. The Balaban J connectivity index is 1.45. The largest absolute Gasteiger partial charge is 0.366 e. The maximum absolute atomic E-state index is 15.9. The second-order valence-corrected chi connectivity index (χ2v) is 8.95. The van der Waals surface area contributed by atoms with Crippen molar-refractivity contribution in [3.63, 3.8) is 0 Å². The van der Waals surface area contributed by atoms with Crippen molar-refractivity contribution in [1.29, 1.82) is 0 Å². The number of benzene rings is 2. The molecule has 0 saturated heterocycles. The third-order valence-corrected chi connectivity index (χ3v) is 6.45. The Morgan fingerprint density at radius 3 is 2.51 bits per heavy atom. The van der Waals surface area contributed by atoms with E-state index in [9.17, 15) is 9.18 Å². The van der Waals surface area contributed by atoms with Crippen LogP contribution in [0.2, 0.25) is 0 Å². The lowest BCUT2D eigenvalue weighted by Gasteiger charge is -2.16. The fourth-order valence-electron chi connectivity index (χ4n) is 4.45. The third-order valence-electron chi connectivity index (χ3n) is 6.45. The van der Waals surface area contributed by atoms with Gasteiger partial charge in [0, 0.05) is 53.1 Å². The summed E-state index contributed by atoms with van der Waals surface area (Å²) in [5.41, 5.74) is 6.95. The van der Waals surface area contributed by atoms with E-state index in [1.807, 2.05) is 0 Å². The molecule has 0 spiro atoms. The van der Waals surface area contributed by atoms with E-state index in [0.717, 1.165) is 17.7 Å². The molecule has 39 heavy (non-hydrogen) atoms. The number of aryl methyl sites for hydroxylation is 1. The zero-order chi connectivity index (χ0) is 27.4. The Morgan fingerprint density at radius 1 is 0.974 bits per heavy atom. The van der Waals surface area contributed by atoms with Crippen molar-refractivity contribution in [1.82, 2.24) is 39.7 Å². The number of halogens is 3. The van der Waals surface area contributed by atoms with E-state index in [2.05, 4.69) is 30.4 Å². The van der Waals surface area contributed by atoms with Crippen molar-refractivity contribution in [2.45, 2.75) is 13.0 Å². The number of hydrogen-bond acceptors (Lipinski definition) is 7. The summed E-state index contributed by atoms with van der Waals surface area (Å²) in [7, 11) is 1.76. The first-order valence-corrected chi connectivity index (χ1v) is 11.7. The average molecular weight is 529 g/mol. The van der Waals surface area contributed by atoms with Crippen molar-refractivity contribution in [2.75, 3.05) is 0 Å². The van der Waals surface area contributed by atoms with E-state index in [0.29, 0.717) is 11.1 Å². The Bertz CT molecular complexity index is 1930. The van der Waals surface area contributed by atoms with Gasteiger partial charge in [-0.1, -0.05) is 11.3 Å². The van der Waals surface area contributed by atoms with E-state index in [4.69, 9.17) is 5.73 Å². The monoisotopic (exact) mass is 529 g/mol. The summed E-state index contributed by atoms with van der Waals surface area (Å²) in [6.07, 6.45) is 6.27. The van der Waals surface area contributed by atoms with Crippen LogP contribution in [0.5, 0.6) is 0 Å². The smallest absolute Gasteiger partial charge is 0.251 e. The van der Waals surface area contributed by atoms with E-state index >= 15 is 8.78 Å². The summed E-state index contributed by atoms with van der Waals surface area (Å²) in [5, 5.41) is 12.3. The normalized spacial score (nSPS) is 12.3. The number of rotatable bonds is 5. The number of nitrogens with two attached hydrogens (primary N) is 1. The van der Waals surface area contributed by atoms with Crippen molar-refractivity contribution in [3.05, 3.63) is 83.7 Å². The van der Waals surface area contributed by atoms with Gasteiger partial charge in [0.15, 0.2) is 5.65 Å². The fraction of sp³-hybridized carbons (Fsp3) is 0.115. The zero-order valence-corrected chi connectivity index (χ0v) is 20.5. The highest BCUT2D eigenvalue weighted by Crippen LogP contribution is 2.32. The molecule has 13 heteroatoms. The van der Waals surface area contributed by atoms with Crippen LogP contribution in [0.25, 0.3) is 44.6 Å². The average Bonchev–Trinajstić information content (AvgIpc) is 3.54. The lowest BCUT2D eigenvalue weighted by Crippen LogP contribution is -2.14. The molecule has 0 aliphatic rings. The van der Waals surface area contributed by atoms with E-state index < -0.39 is 29.4 Å². The van der Waals surface area contributed by atoms with Gasteiger partial charge in [0.2, 0.25) is 5.65 Å². The number of aromatic nitrogens is 8. The molecule has 2 N–H and O–H groups in total. The molecule has 6 aromatic rings. The summed E-state index contributed by atoms with van der Waals surface area (Å²) in [6, 6.07) is 5.57. The van der Waals surface area contributed by atoms with Crippen molar-refractivity contribution < 1.29 is 18.0 Å². The van der Waals surface area contributed by atoms with Crippen LogP contribution in [0.15, 0.2) is 55.1 Å². The Morgan fingerprint density at radius 2 is 1.79 bits per heavy atom. The lowest BCUT2D eigenvalue weighted by atomic mass is 10.0. The fourth-order valence-corrected chi connectivity index (χ4v) is 4.45. The van der Waals surface area contributed by atoms with Gasteiger partial charge < -0.3 is 5.73 Å². The molecular weight excluding hydrogens is 511 g/mol. The second kappa shape index (κ2) is 8.97. The van der Waals surface area contributed by atoms with Crippen molar-refractivity contribution >= 4 is 28.1 Å². The predicted molar refractivity (Wildman–Crippen MR) is 135 cm³/mol. The molecule has 0 aliphatic heterocycles. The highest BCUT2D eigenvalue weighted by Gasteiger charge is 2.25. The van der Waals surface area contributed by atoms with Gasteiger partial charge in [0.05, 0.1) is 35.2 Å². The number of carbonyl (C=O) groups excluding carboxylic acids is 1. The van der Waals surface area contributed by atoms with Gasteiger partial charge in [-0.3, -0.25) is 14.5 Å². The minimum absolute atomic E-state index is 0.125. The van der Waals surface area contributed by atoms with Gasteiger partial charge in [-0.15, -0.1) is 5.10 Å². The molecule has 0 fully saturated rings. The van der Waals surface area contributed by atoms with E-state index in [1.54, 1.807) is 37.1 Å². The molecule has 4 aromatic heterocycles. The molecule has 4 heterocycles. The SMILES string of the molecule is CC(c1c(F)cc2ncc(-c3cnn(C)c3)cc2c1F)n1nnc2ncc(-c3ccc(C(N)=O)c(F)c3)nc21. The highest BCUT2D eigenvalue weighted by atomic mass is 19.1. The predicted octanol–water partition coefficient (Wildman–Crippen LogP) is 3.96. The molecule has 0 radical (unpaired) electrons. The standard InChI is InChI=1S/C26H18F3N9O/c1-12(22-19(28)7-20-17(23(22)29)5-14(8-31-20)15-9-33-37(2)11-15)38-26-25(35-36-38)32-10-21(34-26)13-3-4-16(24(30)39)18(27)6-13/h3-12H,1-2H3,(H2,30,39). The maximum atomic E-state index is 15.9. The van der Waals surface area contributed by atoms with Crippen LogP contribution < -0.4 is 5.73 Å². The summed E-state index contributed by atoms with van der Waals surface area (Å²) >= 11 is 0. The van der Waals surface area contributed by atoms with Gasteiger partial charge >= 0.3 is 0 Å². The number of nitrogens with zero attached hydrogens (tertiary/aromatic N) is 8. The van der Waals surface area contributed by atoms with E-state index in [1.165, 1.54) is 29.2 Å². The molecule has 1 unspecified atom stereocenters. The molecule has 10 nitrogen and oxygen atoms in total. The first kappa shape index (κ1) is 24.2. The summed E-state index contributed by atoms with van der Waals surface area (Å²) in [5.74, 6) is -3.33. The van der Waals surface area contributed by atoms with E-state index in [-0.39, 0.29) is 39.0 Å². The van der Waals surface area contributed by atoms with Gasteiger partial charge in [-0.25, -0.2) is 27.8 Å². The molecular formula is C26H18F3N9O. The van der Waals surface area contributed by atoms with Crippen LogP contribution in [0, 0.1) is 17.5 Å². The van der Waals surface area contributed by atoms with Crippen LogP contribution in [0.3, 0.4) is 0 Å². The number of hydrogen-bond donors (Lipinski definition) is 1. The zero-order valence-electron chi connectivity index (χ0n) is 20.5. The van der Waals surface area contributed by atoms with Gasteiger partial charge in [0.25, 0.3) is 5.91 Å². The minimum Gasteiger partial charge on any atom is -0.366 e. The second-order valence-electron chi connectivity index (χ2n) is 8.95. The van der Waals surface area contributed by atoms with Crippen LogP contribution in [-0.2, 0) is 7.05 Å². The van der Waals surface area contributed by atoms with Crippen LogP contribution >= 0.6 is 0 Å². The first-order valence-electron chi connectivity index (χ1n) is 11.7. The summed E-state index contributed by atoms with van der Waals surface area (Å²) < 4.78 is 48.4. The van der Waals surface area contributed by atoms with Crippen LogP contribution in [-0.4, -0.2) is 45.6 Å². The quantitative estimate of drug-likeness (QED) is 0.358. The number of carbonyl (C=O) groups is 1. The number of amides is 1. The van der Waals surface area contributed by atoms with Gasteiger partial charge in [0.1, 0.15) is 17.5 Å². The molecule has 194 valence electrons. The summed E-state index contributed by atoms with van der Waals surface area (Å²) in [4.78, 5) is 24.3. The van der Waals surface area contributed by atoms with Gasteiger partial charge in [-0.05, 0) is 25.1 Å². The Hall–Kier alpha value is -5.20. The van der Waals surface area contributed by atoms with Crippen molar-refractivity contribution in [3.8, 4) is 22.4 Å². The maximum Gasteiger partial charge on any atom is 0.251 e. The van der Waals surface area contributed by atoms with Crippen LogP contribution in [0.4, 0.5) is 13.2 Å². The molecule has 0 saturated carbocycles. The third kappa shape index (κ3) is 4.04. The molecule has 6 rings (SSSR count). The number of pyridine rings is 1. The summed E-state index contributed by atoms with van der Waals surface area (Å²) in [6.45, 7) is 1.55. The molecule has 2 aromatic carbocycles. The minimum atomic E-state index is -0.986. The lowest BCUT2D eigenvalue weighted by molar-refractivity contribution is 0.0996. The first-order chi connectivity index (χ1) is 18.7. The highest BCUT2D eigenvalue weighted by molar-refractivity contribution is 5.93. The van der Waals surface area contributed by atoms with Crippen LogP contribution in [0.1, 0.15) is 28.9 Å². The van der Waals surface area contributed by atoms with Crippen molar-refractivity contribution in [2.24, 2.45) is 12.8 Å². The Labute approximate surface area is 217 Å². The molecule has 1 amide bonds. The molecule has 0 aliphatic carbocycles. The number of primary amides is 1.